The van der Waals surface area contributed by atoms with Gasteiger partial charge in [0.05, 0.1) is 11.4 Å². The summed E-state index contributed by atoms with van der Waals surface area (Å²) in [4.78, 5) is 12.4. The summed E-state index contributed by atoms with van der Waals surface area (Å²) in [5.41, 5.74) is 8.61. The van der Waals surface area contributed by atoms with Crippen LogP contribution in [-0.2, 0) is 0 Å². The molecule has 0 saturated carbocycles. The molecule has 0 aliphatic heterocycles. The van der Waals surface area contributed by atoms with Crippen LogP contribution in [0.2, 0.25) is 0 Å². The summed E-state index contributed by atoms with van der Waals surface area (Å²) in [6, 6.07) is 24.1. The van der Waals surface area contributed by atoms with E-state index in [4.69, 9.17) is 0 Å². The Hall–Kier alpha value is -4.94. The molecule has 0 fully saturated rings. The van der Waals surface area contributed by atoms with Gasteiger partial charge in [-0.3, -0.25) is 0 Å². The van der Waals surface area contributed by atoms with Crippen molar-refractivity contribution in [1.82, 2.24) is 0 Å². The van der Waals surface area contributed by atoms with Gasteiger partial charge in [-0.05, 0) is 47.0 Å². The van der Waals surface area contributed by atoms with Gasteiger partial charge < -0.3 is 9.80 Å². The number of allylic oxidation sites excluding steroid dienone is 4. The van der Waals surface area contributed by atoms with Crippen molar-refractivity contribution in [2.45, 2.75) is 0 Å². The van der Waals surface area contributed by atoms with Crippen molar-refractivity contribution in [3.8, 4) is 12.4 Å². The highest BCUT2D eigenvalue weighted by Crippen LogP contribution is 2.36. The first-order valence-electron chi connectivity index (χ1n) is 11.5. The second kappa shape index (κ2) is 10.5. The minimum Gasteiger partial charge on any atom is -0.378 e. The summed E-state index contributed by atoms with van der Waals surface area (Å²) < 4.78 is 0. The second-order valence-corrected chi connectivity index (χ2v) is 8.71. The summed E-state index contributed by atoms with van der Waals surface area (Å²) in [7, 11) is 7.98. The Balaban J connectivity index is 2.03. The van der Waals surface area contributed by atoms with Crippen LogP contribution in [0, 0.1) is 22.9 Å². The molecule has 0 bridgehead atoms. The zero-order valence-electron chi connectivity index (χ0n) is 20.8. The number of hydrogen-bond acceptors (Lipinski definition) is 6. The van der Waals surface area contributed by atoms with Crippen LogP contribution in [0.3, 0.4) is 0 Å². The quantitative estimate of drug-likeness (QED) is 0.362. The molecule has 6 nitrogen and oxygen atoms in total. The lowest BCUT2D eigenvalue weighted by molar-refractivity contribution is 1.13. The molecule has 6 heteroatoms. The number of aliphatic imine (C=N–C) groups is 2. The number of fused-ring (bicyclic) bond motifs is 1. The maximum atomic E-state index is 9.71. The topological polar surface area (TPSA) is 78.8 Å². The predicted molar refractivity (Wildman–Crippen MR) is 148 cm³/mol. The molecule has 3 aromatic rings. The van der Waals surface area contributed by atoms with E-state index in [9.17, 15) is 10.5 Å². The van der Waals surface area contributed by atoms with Gasteiger partial charge in [-0.2, -0.15) is 20.5 Å². The molecule has 0 atom stereocenters. The van der Waals surface area contributed by atoms with Gasteiger partial charge in [0.25, 0.3) is 0 Å². The van der Waals surface area contributed by atoms with Crippen molar-refractivity contribution in [2.24, 2.45) is 9.98 Å². The lowest BCUT2D eigenvalue weighted by Crippen LogP contribution is -2.13. The van der Waals surface area contributed by atoms with Crippen LogP contribution in [0.15, 0.2) is 94.9 Å². The average molecular weight is 471 g/mol. The fraction of sp³-hybridized carbons (Fsp3) is 0.133. The summed E-state index contributed by atoms with van der Waals surface area (Å²) in [6.07, 6.45) is 7.71. The smallest absolute Gasteiger partial charge is 0.206 e. The van der Waals surface area contributed by atoms with E-state index in [1.807, 2.05) is 123 Å². The normalized spacial score (nSPS) is 15.1. The van der Waals surface area contributed by atoms with Gasteiger partial charge >= 0.3 is 0 Å². The molecular formula is C30H26N6. The standard InChI is InChI=1S/C30H26N6/c1-35(2)23-13-9-21(10-14-23)29(30(34-20-32)22-11-15-24(16-12-22)36(3)4)27-17-18-28(33-19-31)26-8-6-5-7-25(26)27/h5-18H,1-4H3/b29-27+,33-28?,34-30?. The summed E-state index contributed by atoms with van der Waals surface area (Å²) in [6.45, 7) is 0. The molecule has 0 N–H and O–H groups in total. The predicted octanol–water partition coefficient (Wildman–Crippen LogP) is 5.54. The highest BCUT2D eigenvalue weighted by Gasteiger charge is 2.23. The van der Waals surface area contributed by atoms with Gasteiger partial charge in [-0.15, -0.1) is 0 Å². The molecule has 0 saturated heterocycles. The molecule has 0 unspecified atom stereocenters. The largest absolute Gasteiger partial charge is 0.378 e. The van der Waals surface area contributed by atoms with E-state index in [1.165, 1.54) is 0 Å². The van der Waals surface area contributed by atoms with Crippen molar-refractivity contribution in [3.05, 3.63) is 107 Å². The van der Waals surface area contributed by atoms with Crippen LogP contribution in [-0.4, -0.2) is 39.6 Å². The van der Waals surface area contributed by atoms with Crippen LogP contribution in [0.1, 0.15) is 22.3 Å². The minimum atomic E-state index is 0.579. The van der Waals surface area contributed by atoms with Crippen molar-refractivity contribution in [2.75, 3.05) is 38.0 Å². The summed E-state index contributed by atoms with van der Waals surface area (Å²) >= 11 is 0. The molecule has 0 amide bonds. The van der Waals surface area contributed by atoms with E-state index in [-0.39, 0.29) is 0 Å². The van der Waals surface area contributed by atoms with Gasteiger partial charge in [-0.25, -0.2) is 0 Å². The van der Waals surface area contributed by atoms with E-state index in [2.05, 4.69) is 22.1 Å². The zero-order chi connectivity index (χ0) is 25.7. The Morgan fingerprint density at radius 1 is 0.667 bits per heavy atom. The highest BCUT2D eigenvalue weighted by molar-refractivity contribution is 6.39. The summed E-state index contributed by atoms with van der Waals surface area (Å²) in [5, 5.41) is 18.9. The Bertz CT molecular complexity index is 1470. The molecule has 1 aliphatic carbocycles. The third-order valence-corrected chi connectivity index (χ3v) is 6.07. The number of hydrogen-bond donors (Lipinski definition) is 0. The maximum Gasteiger partial charge on any atom is 0.206 e. The monoisotopic (exact) mass is 470 g/mol. The zero-order valence-corrected chi connectivity index (χ0v) is 20.8. The van der Waals surface area contributed by atoms with E-state index >= 15 is 0 Å². The molecule has 4 rings (SSSR count). The Morgan fingerprint density at radius 2 is 1.22 bits per heavy atom. The first kappa shape index (κ1) is 24.2. The lowest BCUT2D eigenvalue weighted by Gasteiger charge is -2.22. The van der Waals surface area contributed by atoms with Crippen LogP contribution in [0.4, 0.5) is 11.4 Å². The van der Waals surface area contributed by atoms with Crippen LogP contribution < -0.4 is 9.80 Å². The van der Waals surface area contributed by atoms with E-state index in [0.717, 1.165) is 44.8 Å². The van der Waals surface area contributed by atoms with E-state index in [0.29, 0.717) is 11.4 Å². The van der Waals surface area contributed by atoms with Gasteiger partial charge in [0.15, 0.2) is 0 Å². The molecule has 0 spiro atoms. The molecule has 0 aromatic heterocycles. The SMILES string of the molecule is CN(C)c1ccc(C(=NC#N)/C(=C2\C=CC(=NC#N)c3ccccc32)c2ccc(N(C)C)cc2)cc1. The Morgan fingerprint density at radius 3 is 1.75 bits per heavy atom. The molecule has 176 valence electrons. The molecule has 0 radical (unpaired) electrons. The third kappa shape index (κ3) is 4.80. The van der Waals surface area contributed by atoms with Gasteiger partial charge in [-0.1, -0.05) is 54.6 Å². The lowest BCUT2D eigenvalue weighted by atomic mass is 9.83. The van der Waals surface area contributed by atoms with Crippen LogP contribution in [0.25, 0.3) is 11.1 Å². The number of benzene rings is 3. The third-order valence-electron chi connectivity index (χ3n) is 6.07. The van der Waals surface area contributed by atoms with Gasteiger partial charge in [0.1, 0.15) is 0 Å². The summed E-state index contributed by atoms with van der Waals surface area (Å²) in [5.74, 6) is 0. The van der Waals surface area contributed by atoms with Crippen LogP contribution in [0.5, 0.6) is 0 Å². The first-order valence-corrected chi connectivity index (χ1v) is 11.5. The van der Waals surface area contributed by atoms with E-state index < -0.39 is 0 Å². The Labute approximate surface area is 212 Å². The number of rotatable bonds is 5. The average Bonchev–Trinajstić information content (AvgIpc) is 2.90. The van der Waals surface area contributed by atoms with E-state index in [1.54, 1.807) is 0 Å². The molecular weight excluding hydrogens is 444 g/mol. The van der Waals surface area contributed by atoms with Gasteiger partial charge in [0, 0.05) is 56.3 Å². The second-order valence-electron chi connectivity index (χ2n) is 8.71. The number of anilines is 2. The fourth-order valence-electron chi connectivity index (χ4n) is 4.23. The first-order chi connectivity index (χ1) is 17.4. The fourth-order valence-corrected chi connectivity index (χ4v) is 4.23. The molecule has 3 aromatic carbocycles. The van der Waals surface area contributed by atoms with Crippen LogP contribution >= 0.6 is 0 Å². The molecule has 0 heterocycles. The number of nitrogens with zero attached hydrogens (tertiary/aromatic N) is 6. The Kier molecular flexibility index (Phi) is 7.09. The van der Waals surface area contributed by atoms with Crippen molar-refractivity contribution in [1.29, 1.82) is 10.5 Å². The molecule has 36 heavy (non-hydrogen) atoms. The van der Waals surface area contributed by atoms with Crippen molar-refractivity contribution in [3.63, 3.8) is 0 Å². The number of nitriles is 2. The maximum absolute atomic E-state index is 9.71. The highest BCUT2D eigenvalue weighted by atomic mass is 15.1. The van der Waals surface area contributed by atoms with Crippen molar-refractivity contribution < 1.29 is 0 Å². The molecule has 1 aliphatic rings. The minimum absolute atomic E-state index is 0.579. The van der Waals surface area contributed by atoms with Crippen molar-refractivity contribution >= 4 is 33.9 Å². The van der Waals surface area contributed by atoms with Gasteiger partial charge in [0.2, 0.25) is 12.4 Å².